The van der Waals surface area contributed by atoms with Gasteiger partial charge >= 0.3 is 12.1 Å². The number of amides is 4. The van der Waals surface area contributed by atoms with Gasteiger partial charge in [0.05, 0.1) is 41.4 Å². The van der Waals surface area contributed by atoms with E-state index >= 15 is 0 Å². The topological polar surface area (TPSA) is 132 Å². The quantitative estimate of drug-likeness (QED) is 0.475. The molecule has 1 aromatic carbocycles. The van der Waals surface area contributed by atoms with E-state index in [2.05, 4.69) is 26.3 Å². The van der Waals surface area contributed by atoms with Crippen LogP contribution in [0.25, 0.3) is 11.3 Å². The second-order valence-electron chi connectivity index (χ2n) is 8.40. The van der Waals surface area contributed by atoms with Crippen LogP contribution in [-0.4, -0.2) is 84.4 Å². The number of urea groups is 2. The van der Waals surface area contributed by atoms with E-state index < -0.39 is 6.03 Å². The van der Waals surface area contributed by atoms with Gasteiger partial charge in [-0.1, -0.05) is 12.1 Å². The largest absolute Gasteiger partial charge is 0.379 e. The number of rotatable bonds is 3. The number of ketones is 1. The highest BCUT2D eigenvalue weighted by molar-refractivity contribution is 6.25. The number of fused-ring (bicyclic) bond motifs is 3. The first-order valence-electron chi connectivity index (χ1n) is 11.2. The standard InChI is InChI=1S/C22H27N7O4/c1-23-22(32)28-7-5-13(6-8-28)18-17-19(26-25-18)14-3-2-4-15(16(14)20(17)30)24-21(31)27-29-9-11-33-12-10-29/h2-4,13H,5-12H2,1H3,(H,23,32)(H,25,26)(H2,24,27,31). The molecule has 0 atom stereocenters. The highest BCUT2D eigenvalue weighted by atomic mass is 16.5. The fourth-order valence-corrected chi connectivity index (χ4v) is 4.79. The molecule has 0 bridgehead atoms. The summed E-state index contributed by atoms with van der Waals surface area (Å²) in [6, 6.07) is 4.92. The number of ether oxygens (including phenoxy) is 1. The van der Waals surface area contributed by atoms with Crippen molar-refractivity contribution in [3.8, 4) is 11.3 Å². The Balaban J connectivity index is 1.33. The molecule has 174 valence electrons. The molecular formula is C22H27N7O4. The zero-order chi connectivity index (χ0) is 22.9. The summed E-state index contributed by atoms with van der Waals surface area (Å²) in [6.45, 7) is 3.57. The molecule has 2 saturated heterocycles. The summed E-state index contributed by atoms with van der Waals surface area (Å²) < 4.78 is 5.30. The molecule has 0 radical (unpaired) electrons. The third kappa shape index (κ3) is 3.93. The van der Waals surface area contributed by atoms with Crippen LogP contribution < -0.4 is 16.1 Å². The summed E-state index contributed by atoms with van der Waals surface area (Å²) in [5.74, 6) is -0.0510. The van der Waals surface area contributed by atoms with E-state index in [0.717, 1.165) is 24.1 Å². The van der Waals surface area contributed by atoms with Crippen LogP contribution in [0.5, 0.6) is 0 Å². The van der Waals surface area contributed by atoms with Crippen LogP contribution in [0.4, 0.5) is 15.3 Å². The molecule has 4 amide bonds. The van der Waals surface area contributed by atoms with Gasteiger partial charge in [-0.25, -0.2) is 14.6 Å². The van der Waals surface area contributed by atoms with E-state index in [1.54, 1.807) is 23.0 Å². The maximum Gasteiger partial charge on any atom is 0.333 e. The number of aromatic amines is 1. The van der Waals surface area contributed by atoms with Gasteiger partial charge in [0.1, 0.15) is 0 Å². The number of H-pyrrole nitrogens is 1. The van der Waals surface area contributed by atoms with Crippen molar-refractivity contribution < 1.29 is 19.1 Å². The van der Waals surface area contributed by atoms with Crippen molar-refractivity contribution in [2.75, 3.05) is 51.8 Å². The second kappa shape index (κ2) is 8.83. The Morgan fingerprint density at radius 2 is 1.88 bits per heavy atom. The van der Waals surface area contributed by atoms with Gasteiger partial charge in [0, 0.05) is 44.7 Å². The Hall–Kier alpha value is -3.44. The molecule has 3 aliphatic rings. The molecule has 33 heavy (non-hydrogen) atoms. The number of morpholine rings is 1. The van der Waals surface area contributed by atoms with Crippen molar-refractivity contribution in [3.05, 3.63) is 35.0 Å². The van der Waals surface area contributed by atoms with Gasteiger partial charge in [-0.05, 0) is 18.9 Å². The average molecular weight is 454 g/mol. The number of hydrogen-bond donors (Lipinski definition) is 4. The molecular weight excluding hydrogens is 426 g/mol. The van der Waals surface area contributed by atoms with Crippen LogP contribution in [0, 0.1) is 0 Å². The summed E-state index contributed by atoms with van der Waals surface area (Å²) in [5, 5.41) is 14.8. The zero-order valence-corrected chi connectivity index (χ0v) is 18.4. The van der Waals surface area contributed by atoms with Crippen LogP contribution in [0.1, 0.15) is 40.4 Å². The number of likely N-dealkylation sites (tertiary alicyclic amines) is 1. The molecule has 11 nitrogen and oxygen atoms in total. The molecule has 0 unspecified atom stereocenters. The van der Waals surface area contributed by atoms with Gasteiger partial charge in [-0.3, -0.25) is 15.3 Å². The summed E-state index contributed by atoms with van der Waals surface area (Å²) >= 11 is 0. The number of piperidine rings is 1. The monoisotopic (exact) mass is 453 g/mol. The summed E-state index contributed by atoms with van der Waals surface area (Å²) in [4.78, 5) is 39.7. The van der Waals surface area contributed by atoms with Crippen LogP contribution in [0.2, 0.25) is 0 Å². The highest BCUT2D eigenvalue weighted by Crippen LogP contribution is 2.43. The molecule has 5 rings (SSSR count). The Labute approximate surface area is 190 Å². The third-order valence-electron chi connectivity index (χ3n) is 6.48. The number of aromatic nitrogens is 2. The van der Waals surface area contributed by atoms with Gasteiger partial charge < -0.3 is 20.3 Å². The van der Waals surface area contributed by atoms with E-state index in [1.165, 1.54) is 0 Å². The molecule has 2 aliphatic heterocycles. The van der Waals surface area contributed by atoms with Crippen LogP contribution in [0.3, 0.4) is 0 Å². The van der Waals surface area contributed by atoms with Crippen molar-refractivity contribution in [2.45, 2.75) is 18.8 Å². The number of nitrogens with one attached hydrogen (secondary N) is 4. The minimum absolute atomic E-state index is 0.0877. The van der Waals surface area contributed by atoms with Gasteiger partial charge in [0.2, 0.25) is 0 Å². The van der Waals surface area contributed by atoms with Crippen molar-refractivity contribution in [1.82, 2.24) is 30.8 Å². The second-order valence-corrected chi connectivity index (χ2v) is 8.40. The number of hydrazine groups is 1. The number of carbonyl (C=O) groups is 3. The minimum Gasteiger partial charge on any atom is -0.379 e. The first-order valence-corrected chi connectivity index (χ1v) is 11.2. The van der Waals surface area contributed by atoms with E-state index in [-0.39, 0.29) is 17.7 Å². The van der Waals surface area contributed by atoms with E-state index in [1.807, 2.05) is 12.1 Å². The fourth-order valence-electron chi connectivity index (χ4n) is 4.79. The Morgan fingerprint density at radius 3 is 2.61 bits per heavy atom. The number of hydrogen-bond acceptors (Lipinski definition) is 6. The molecule has 4 N–H and O–H groups in total. The number of carbonyl (C=O) groups excluding carboxylic acids is 3. The van der Waals surface area contributed by atoms with Crippen LogP contribution in [0.15, 0.2) is 18.2 Å². The molecule has 0 saturated carbocycles. The normalized spacial score (nSPS) is 18.6. The number of benzene rings is 1. The maximum atomic E-state index is 13.5. The lowest BCUT2D eigenvalue weighted by Gasteiger charge is -2.31. The Morgan fingerprint density at radius 1 is 1.12 bits per heavy atom. The summed E-state index contributed by atoms with van der Waals surface area (Å²) in [6.07, 6.45) is 1.48. The van der Waals surface area contributed by atoms with Gasteiger partial charge in [-0.15, -0.1) is 0 Å². The summed E-state index contributed by atoms with van der Waals surface area (Å²) in [7, 11) is 1.62. The lowest BCUT2D eigenvalue weighted by atomic mass is 9.90. The van der Waals surface area contributed by atoms with Crippen LogP contribution >= 0.6 is 0 Å². The Kier molecular flexibility index (Phi) is 5.73. The highest BCUT2D eigenvalue weighted by Gasteiger charge is 2.37. The molecule has 11 heteroatoms. The fraction of sp³-hybridized carbons (Fsp3) is 0.455. The van der Waals surface area contributed by atoms with Crippen LogP contribution in [-0.2, 0) is 4.74 Å². The third-order valence-corrected chi connectivity index (χ3v) is 6.48. The SMILES string of the molecule is CNC(=O)N1CCC(c2n[nH]c3c2C(=O)c2c(NC(=O)NN4CCOCC4)cccc2-3)CC1. The zero-order valence-electron chi connectivity index (χ0n) is 18.4. The molecule has 2 fully saturated rings. The summed E-state index contributed by atoms with van der Waals surface area (Å²) in [5.41, 5.74) is 6.49. The Bertz CT molecular complexity index is 1080. The van der Waals surface area contributed by atoms with E-state index in [0.29, 0.717) is 61.9 Å². The lowest BCUT2D eigenvalue weighted by Crippen LogP contribution is -2.49. The maximum absolute atomic E-state index is 13.5. The molecule has 1 aliphatic carbocycles. The average Bonchev–Trinajstić information content (AvgIpc) is 3.40. The lowest BCUT2D eigenvalue weighted by molar-refractivity contribution is 0.0207. The van der Waals surface area contributed by atoms with Crippen molar-refractivity contribution >= 4 is 23.5 Å². The van der Waals surface area contributed by atoms with Crippen molar-refractivity contribution in [3.63, 3.8) is 0 Å². The molecule has 3 heterocycles. The minimum atomic E-state index is -0.395. The van der Waals surface area contributed by atoms with Crippen molar-refractivity contribution in [2.24, 2.45) is 0 Å². The molecule has 2 aromatic rings. The smallest absolute Gasteiger partial charge is 0.333 e. The molecule has 0 spiro atoms. The van der Waals surface area contributed by atoms with Gasteiger partial charge in [0.15, 0.2) is 5.78 Å². The van der Waals surface area contributed by atoms with E-state index in [4.69, 9.17) is 4.74 Å². The first-order chi connectivity index (χ1) is 16.1. The van der Waals surface area contributed by atoms with E-state index in [9.17, 15) is 14.4 Å². The van der Waals surface area contributed by atoms with Gasteiger partial charge in [0.25, 0.3) is 0 Å². The predicted molar refractivity (Wildman–Crippen MR) is 120 cm³/mol. The van der Waals surface area contributed by atoms with Crippen molar-refractivity contribution in [1.29, 1.82) is 0 Å². The number of nitrogens with zero attached hydrogens (tertiary/aromatic N) is 3. The predicted octanol–water partition coefficient (Wildman–Crippen LogP) is 1.51. The number of anilines is 1. The van der Waals surface area contributed by atoms with Gasteiger partial charge in [-0.2, -0.15) is 5.10 Å². The molecule has 1 aromatic heterocycles. The first kappa shape index (κ1) is 21.4.